The number of carbonyl (C=O) groups excluding carboxylic acids is 3. The molecule has 0 atom stereocenters. The number of hydrogen-bond acceptors (Lipinski definition) is 6. The van der Waals surface area contributed by atoms with Gasteiger partial charge < -0.3 is 5.32 Å². The second kappa shape index (κ2) is 10.8. The van der Waals surface area contributed by atoms with Crippen LogP contribution in [0.1, 0.15) is 29.8 Å². The average Bonchev–Trinajstić information content (AvgIpc) is 3.07. The minimum Gasteiger partial charge on any atom is -0.350 e. The third kappa shape index (κ3) is 5.70. The second-order valence-electron chi connectivity index (χ2n) is 7.12. The van der Waals surface area contributed by atoms with E-state index in [0.29, 0.717) is 18.0 Å². The number of rotatable bonds is 9. The molecule has 0 bridgehead atoms. The van der Waals surface area contributed by atoms with E-state index in [0.717, 1.165) is 22.2 Å². The highest BCUT2D eigenvalue weighted by Gasteiger charge is 2.34. The zero-order valence-corrected chi connectivity index (χ0v) is 20.0. The minimum atomic E-state index is -3.69. The summed E-state index contributed by atoms with van der Waals surface area (Å²) in [5.41, 5.74) is 0.997. The Morgan fingerprint density at radius 2 is 1.76 bits per heavy atom. The Labute approximate surface area is 197 Å². The topological polar surface area (TPSA) is 104 Å². The van der Waals surface area contributed by atoms with E-state index in [1.54, 1.807) is 19.9 Å². The molecule has 0 aliphatic carbocycles. The van der Waals surface area contributed by atoms with Crippen LogP contribution < -0.4 is 5.32 Å². The van der Waals surface area contributed by atoms with Gasteiger partial charge >= 0.3 is 0 Å². The van der Waals surface area contributed by atoms with Crippen LogP contribution in [0.15, 0.2) is 64.4 Å². The Balaban J connectivity index is 1.62. The number of nitrogens with zero attached hydrogens (tertiary/aromatic N) is 2. The summed E-state index contributed by atoms with van der Waals surface area (Å²) in [6, 6.07) is 15.0. The second-order valence-corrected chi connectivity index (χ2v) is 10.0. The number of thioether (sulfide) groups is 1. The number of carbonyl (C=O) groups is 3. The van der Waals surface area contributed by atoms with E-state index in [1.165, 1.54) is 28.6 Å². The van der Waals surface area contributed by atoms with E-state index in [-0.39, 0.29) is 23.5 Å². The maximum atomic E-state index is 12.7. The number of sulfonamides is 1. The molecule has 1 N–H and O–H groups in total. The van der Waals surface area contributed by atoms with Gasteiger partial charge in [-0.05, 0) is 41.6 Å². The summed E-state index contributed by atoms with van der Waals surface area (Å²) in [4.78, 5) is 38.8. The van der Waals surface area contributed by atoms with Crippen LogP contribution in [0.2, 0.25) is 0 Å². The first-order valence-corrected chi connectivity index (χ1v) is 12.7. The standard InChI is InChI=1S/C23H25N3O5S2/c1-3-25(4-2)33(30,31)19-12-8-11-18(16-19)21(27)24-13-14-26-22(28)20(32-23(26)29)15-17-9-6-5-7-10-17/h5-12,15-16H,3-4,13-14H2,1-2H3,(H,24,27)/b20-15-. The highest BCUT2D eigenvalue weighted by Crippen LogP contribution is 2.31. The average molecular weight is 488 g/mol. The van der Waals surface area contributed by atoms with Gasteiger partial charge in [-0.3, -0.25) is 19.3 Å². The predicted molar refractivity (Wildman–Crippen MR) is 128 cm³/mol. The van der Waals surface area contributed by atoms with Crippen LogP contribution in [0, 0.1) is 0 Å². The number of imide groups is 1. The van der Waals surface area contributed by atoms with Gasteiger partial charge in [0.1, 0.15) is 0 Å². The Morgan fingerprint density at radius 1 is 1.06 bits per heavy atom. The van der Waals surface area contributed by atoms with Crippen LogP contribution in [0.3, 0.4) is 0 Å². The van der Waals surface area contributed by atoms with Crippen LogP contribution in [0.5, 0.6) is 0 Å². The lowest BCUT2D eigenvalue weighted by atomic mass is 10.2. The Hall–Kier alpha value is -2.95. The van der Waals surface area contributed by atoms with E-state index in [2.05, 4.69) is 5.32 Å². The van der Waals surface area contributed by atoms with E-state index in [4.69, 9.17) is 0 Å². The van der Waals surface area contributed by atoms with Crippen LogP contribution in [-0.4, -0.2) is 60.9 Å². The fourth-order valence-corrected chi connectivity index (χ4v) is 5.66. The highest BCUT2D eigenvalue weighted by molar-refractivity contribution is 8.18. The summed E-state index contributed by atoms with van der Waals surface area (Å²) in [5.74, 6) is -0.895. The monoisotopic (exact) mass is 487 g/mol. The Morgan fingerprint density at radius 3 is 2.42 bits per heavy atom. The van der Waals surface area contributed by atoms with Gasteiger partial charge in [0.15, 0.2) is 0 Å². The van der Waals surface area contributed by atoms with Crippen molar-refractivity contribution in [1.29, 1.82) is 0 Å². The molecule has 10 heteroatoms. The molecule has 0 spiro atoms. The quantitative estimate of drug-likeness (QED) is 0.545. The summed E-state index contributed by atoms with van der Waals surface area (Å²) < 4.78 is 26.7. The summed E-state index contributed by atoms with van der Waals surface area (Å²) >= 11 is 0.858. The van der Waals surface area contributed by atoms with Crippen molar-refractivity contribution in [2.24, 2.45) is 0 Å². The molecule has 2 aromatic carbocycles. The van der Waals surface area contributed by atoms with E-state index in [9.17, 15) is 22.8 Å². The summed E-state index contributed by atoms with van der Waals surface area (Å²) in [6.07, 6.45) is 1.66. The molecule has 0 unspecified atom stereocenters. The third-order valence-electron chi connectivity index (χ3n) is 5.03. The largest absolute Gasteiger partial charge is 0.350 e. The molecule has 1 saturated heterocycles. The lowest BCUT2D eigenvalue weighted by molar-refractivity contribution is -0.122. The van der Waals surface area contributed by atoms with Crippen molar-refractivity contribution in [3.8, 4) is 0 Å². The molecule has 0 saturated carbocycles. The third-order valence-corrected chi connectivity index (χ3v) is 7.98. The van der Waals surface area contributed by atoms with Gasteiger partial charge in [-0.1, -0.05) is 50.2 Å². The van der Waals surface area contributed by atoms with Crippen molar-refractivity contribution in [2.45, 2.75) is 18.7 Å². The number of nitrogens with one attached hydrogen (secondary N) is 1. The maximum absolute atomic E-state index is 12.7. The molecule has 1 fully saturated rings. The summed E-state index contributed by atoms with van der Waals surface area (Å²) in [6.45, 7) is 4.20. The normalized spacial score (nSPS) is 15.5. The predicted octanol–water partition coefficient (Wildman–Crippen LogP) is 3.18. The van der Waals surface area contributed by atoms with Gasteiger partial charge in [0.25, 0.3) is 17.1 Å². The first-order valence-electron chi connectivity index (χ1n) is 10.5. The molecular weight excluding hydrogens is 462 g/mol. The van der Waals surface area contributed by atoms with Crippen molar-refractivity contribution in [1.82, 2.24) is 14.5 Å². The SMILES string of the molecule is CCN(CC)S(=O)(=O)c1cccc(C(=O)NCCN2C(=O)S/C(=C\c3ccccc3)C2=O)c1. The van der Waals surface area contributed by atoms with Crippen molar-refractivity contribution >= 4 is 44.9 Å². The fourth-order valence-electron chi connectivity index (χ4n) is 3.29. The molecule has 1 heterocycles. The molecule has 1 aliphatic heterocycles. The van der Waals surface area contributed by atoms with Gasteiger partial charge in [-0.2, -0.15) is 4.31 Å². The summed E-state index contributed by atoms with van der Waals surface area (Å²) in [5, 5.41) is 2.25. The van der Waals surface area contributed by atoms with Crippen LogP contribution in [-0.2, 0) is 14.8 Å². The lowest BCUT2D eigenvalue weighted by Gasteiger charge is -2.18. The molecular formula is C23H25N3O5S2. The molecule has 3 rings (SSSR count). The van der Waals surface area contributed by atoms with Crippen molar-refractivity contribution in [3.63, 3.8) is 0 Å². The van der Waals surface area contributed by atoms with Gasteiger partial charge in [-0.25, -0.2) is 8.42 Å². The van der Waals surface area contributed by atoms with Gasteiger partial charge in [0, 0.05) is 31.7 Å². The molecule has 33 heavy (non-hydrogen) atoms. The van der Waals surface area contributed by atoms with E-state index >= 15 is 0 Å². The van der Waals surface area contributed by atoms with E-state index < -0.39 is 27.1 Å². The molecule has 8 nitrogen and oxygen atoms in total. The number of benzene rings is 2. The zero-order chi connectivity index (χ0) is 24.0. The molecule has 3 amide bonds. The van der Waals surface area contributed by atoms with Gasteiger partial charge in [0.2, 0.25) is 10.0 Å². The summed E-state index contributed by atoms with van der Waals surface area (Å²) in [7, 11) is -3.69. The van der Waals surface area contributed by atoms with Gasteiger partial charge in [0.05, 0.1) is 9.80 Å². The number of hydrogen-bond donors (Lipinski definition) is 1. The van der Waals surface area contributed by atoms with Gasteiger partial charge in [-0.15, -0.1) is 0 Å². The molecule has 174 valence electrons. The van der Waals surface area contributed by atoms with Crippen molar-refractivity contribution < 1.29 is 22.8 Å². The Kier molecular flexibility index (Phi) is 8.06. The maximum Gasteiger partial charge on any atom is 0.293 e. The van der Waals surface area contributed by atoms with E-state index in [1.807, 2.05) is 30.3 Å². The van der Waals surface area contributed by atoms with Crippen LogP contribution in [0.4, 0.5) is 4.79 Å². The van der Waals surface area contributed by atoms with Crippen LogP contribution >= 0.6 is 11.8 Å². The smallest absolute Gasteiger partial charge is 0.293 e. The van der Waals surface area contributed by atoms with Crippen molar-refractivity contribution in [3.05, 3.63) is 70.6 Å². The molecule has 0 radical (unpaired) electrons. The molecule has 1 aliphatic rings. The zero-order valence-electron chi connectivity index (χ0n) is 18.4. The molecule has 2 aromatic rings. The van der Waals surface area contributed by atoms with Crippen LogP contribution in [0.25, 0.3) is 6.08 Å². The lowest BCUT2D eigenvalue weighted by Crippen LogP contribution is -2.37. The Bertz CT molecular complexity index is 1180. The minimum absolute atomic E-state index is 0.0139. The fraction of sp³-hybridized carbons (Fsp3) is 0.261. The highest BCUT2D eigenvalue weighted by atomic mass is 32.2. The van der Waals surface area contributed by atoms with Crippen molar-refractivity contribution in [2.75, 3.05) is 26.2 Å². The first-order chi connectivity index (χ1) is 15.8. The first kappa shape index (κ1) is 24.7. The molecule has 0 aromatic heterocycles. The number of amides is 3.